The van der Waals surface area contributed by atoms with Crippen LogP contribution in [0.5, 0.6) is 0 Å². The Hall–Kier alpha value is -2.66. The van der Waals surface area contributed by atoms with E-state index in [4.69, 9.17) is 5.73 Å². The minimum atomic E-state index is -0.515. The number of H-pyrrole nitrogens is 1. The fraction of sp³-hybridized carbons (Fsp3) is 0. The van der Waals surface area contributed by atoms with Gasteiger partial charge in [-0.1, -0.05) is 0 Å². The fourth-order valence-corrected chi connectivity index (χ4v) is 3.41. The number of nitrogens with two attached hydrogens (primary N) is 1. The molecule has 3 N–H and O–H groups in total. The van der Waals surface area contributed by atoms with Gasteiger partial charge in [0.05, 0.1) is 10.6 Å². The number of aromatic nitrogens is 4. The molecule has 0 aliphatic carbocycles. The summed E-state index contributed by atoms with van der Waals surface area (Å²) in [5.74, 6) is 0. The number of nitrogens with one attached hydrogen (secondary N) is 1. The maximum Gasteiger partial charge on any atom is 0.348 e. The van der Waals surface area contributed by atoms with Crippen molar-refractivity contribution < 1.29 is 4.92 Å². The van der Waals surface area contributed by atoms with Crippen molar-refractivity contribution in [3.05, 3.63) is 51.1 Å². The standard InChI is InChI=1S/C11H8N6O3S2/c12-6-1-3-7(4-2-6)16-9(18)14-15-10(16)22-11-13-5-8(21-11)17(19)20/h1-5H,12H2,(H,14,18). The van der Waals surface area contributed by atoms with E-state index >= 15 is 0 Å². The molecule has 0 amide bonds. The summed E-state index contributed by atoms with van der Waals surface area (Å²) in [5, 5.41) is 17.2. The molecule has 3 aromatic rings. The number of hydrogen-bond donors (Lipinski definition) is 2. The number of nitrogens with zero attached hydrogens (tertiary/aromatic N) is 4. The van der Waals surface area contributed by atoms with Gasteiger partial charge in [0, 0.05) is 5.69 Å². The van der Waals surface area contributed by atoms with Crippen LogP contribution in [0.15, 0.2) is 44.8 Å². The largest absolute Gasteiger partial charge is 0.399 e. The van der Waals surface area contributed by atoms with Crippen LogP contribution in [0.2, 0.25) is 0 Å². The average molecular weight is 336 g/mol. The van der Waals surface area contributed by atoms with Crippen LogP contribution in [0.4, 0.5) is 10.7 Å². The lowest BCUT2D eigenvalue weighted by atomic mass is 10.3. The first-order valence-electron chi connectivity index (χ1n) is 5.86. The minimum absolute atomic E-state index is 0.0700. The summed E-state index contributed by atoms with van der Waals surface area (Å²) in [5.41, 5.74) is 6.36. The van der Waals surface area contributed by atoms with Crippen LogP contribution in [0, 0.1) is 10.1 Å². The molecule has 22 heavy (non-hydrogen) atoms. The van der Waals surface area contributed by atoms with E-state index in [1.54, 1.807) is 24.3 Å². The Balaban J connectivity index is 1.96. The zero-order valence-electron chi connectivity index (χ0n) is 10.8. The van der Waals surface area contributed by atoms with Gasteiger partial charge in [-0.05, 0) is 47.4 Å². The molecule has 1 aromatic carbocycles. The number of nitrogen functional groups attached to an aromatic ring is 1. The highest BCUT2D eigenvalue weighted by atomic mass is 32.2. The molecule has 9 nitrogen and oxygen atoms in total. The highest BCUT2D eigenvalue weighted by Gasteiger charge is 2.17. The number of benzene rings is 1. The second-order valence-corrected chi connectivity index (χ2v) is 6.29. The Morgan fingerprint density at radius 3 is 2.73 bits per heavy atom. The van der Waals surface area contributed by atoms with Crippen LogP contribution in [-0.4, -0.2) is 24.7 Å². The zero-order valence-corrected chi connectivity index (χ0v) is 12.4. The summed E-state index contributed by atoms with van der Waals surface area (Å²) in [4.78, 5) is 26.0. The van der Waals surface area contributed by atoms with Gasteiger partial charge in [-0.2, -0.15) is 0 Å². The Morgan fingerprint density at radius 1 is 1.36 bits per heavy atom. The Bertz CT molecular complexity index is 882. The molecule has 112 valence electrons. The lowest BCUT2D eigenvalue weighted by Gasteiger charge is -2.04. The molecule has 11 heteroatoms. The summed E-state index contributed by atoms with van der Waals surface area (Å²) in [6.07, 6.45) is 1.17. The predicted molar refractivity (Wildman–Crippen MR) is 81.5 cm³/mol. The molecule has 0 fully saturated rings. The number of nitro groups is 1. The molecule has 3 rings (SSSR count). The van der Waals surface area contributed by atoms with Gasteiger partial charge in [0.2, 0.25) is 5.16 Å². The van der Waals surface area contributed by atoms with E-state index in [0.717, 1.165) is 23.1 Å². The van der Waals surface area contributed by atoms with E-state index in [1.165, 1.54) is 10.8 Å². The Morgan fingerprint density at radius 2 is 2.09 bits per heavy atom. The van der Waals surface area contributed by atoms with Crippen molar-refractivity contribution >= 4 is 33.8 Å². The van der Waals surface area contributed by atoms with E-state index in [9.17, 15) is 14.9 Å². The highest BCUT2D eigenvalue weighted by molar-refractivity contribution is 8.00. The van der Waals surface area contributed by atoms with Crippen molar-refractivity contribution in [3.63, 3.8) is 0 Å². The SMILES string of the molecule is Nc1ccc(-n2c(Sc3ncc([N+](=O)[O-])s3)n[nH]c2=O)cc1. The number of hydrogen-bond acceptors (Lipinski definition) is 8. The normalized spacial score (nSPS) is 10.7. The van der Waals surface area contributed by atoms with E-state index < -0.39 is 10.6 Å². The Labute approximate surface area is 131 Å². The lowest BCUT2D eigenvalue weighted by Crippen LogP contribution is -2.15. The molecule has 0 aliphatic rings. The van der Waals surface area contributed by atoms with Crippen LogP contribution < -0.4 is 11.4 Å². The van der Waals surface area contributed by atoms with E-state index in [-0.39, 0.29) is 5.00 Å². The number of rotatable bonds is 4. The molecule has 0 saturated heterocycles. The van der Waals surface area contributed by atoms with E-state index in [0.29, 0.717) is 20.9 Å². The van der Waals surface area contributed by atoms with E-state index in [2.05, 4.69) is 15.2 Å². The van der Waals surface area contributed by atoms with Gasteiger partial charge in [0.25, 0.3) is 0 Å². The summed E-state index contributed by atoms with van der Waals surface area (Å²) >= 11 is 1.98. The average Bonchev–Trinajstić information content (AvgIpc) is 3.08. The molecule has 0 bridgehead atoms. The van der Waals surface area contributed by atoms with Crippen LogP contribution in [0.25, 0.3) is 5.69 Å². The van der Waals surface area contributed by atoms with Crippen molar-refractivity contribution in [2.45, 2.75) is 9.50 Å². The summed E-state index contributed by atoms with van der Waals surface area (Å²) < 4.78 is 1.76. The molecular formula is C11H8N6O3S2. The van der Waals surface area contributed by atoms with Gasteiger partial charge in [0.15, 0.2) is 4.34 Å². The van der Waals surface area contributed by atoms with Gasteiger partial charge in [-0.15, -0.1) is 5.10 Å². The molecule has 0 unspecified atom stereocenters. The summed E-state index contributed by atoms with van der Waals surface area (Å²) in [6.45, 7) is 0. The maximum atomic E-state index is 11.9. The third-order valence-electron chi connectivity index (χ3n) is 2.62. The highest BCUT2D eigenvalue weighted by Crippen LogP contribution is 2.33. The first kappa shape index (κ1) is 14.3. The van der Waals surface area contributed by atoms with Crippen molar-refractivity contribution in [3.8, 4) is 5.69 Å². The molecule has 0 spiro atoms. The van der Waals surface area contributed by atoms with Gasteiger partial charge in [0.1, 0.15) is 6.20 Å². The quantitative estimate of drug-likeness (QED) is 0.420. The maximum absolute atomic E-state index is 11.9. The molecule has 0 radical (unpaired) electrons. The molecule has 0 atom stereocenters. The zero-order chi connectivity index (χ0) is 15.7. The predicted octanol–water partition coefficient (Wildman–Crippen LogP) is 1.66. The van der Waals surface area contributed by atoms with Crippen LogP contribution in [-0.2, 0) is 0 Å². The number of thiazole rings is 1. The van der Waals surface area contributed by atoms with Gasteiger partial charge in [-0.3, -0.25) is 10.1 Å². The van der Waals surface area contributed by atoms with Gasteiger partial charge < -0.3 is 5.73 Å². The van der Waals surface area contributed by atoms with Gasteiger partial charge in [-0.25, -0.2) is 19.4 Å². The van der Waals surface area contributed by atoms with Crippen LogP contribution in [0.1, 0.15) is 0 Å². The van der Waals surface area contributed by atoms with Crippen molar-refractivity contribution in [1.82, 2.24) is 19.7 Å². The minimum Gasteiger partial charge on any atom is -0.399 e. The fourth-order valence-electron chi connectivity index (χ4n) is 1.66. The second-order valence-electron chi connectivity index (χ2n) is 4.06. The smallest absolute Gasteiger partial charge is 0.348 e. The van der Waals surface area contributed by atoms with E-state index in [1.807, 2.05) is 0 Å². The van der Waals surface area contributed by atoms with Crippen molar-refractivity contribution in [1.29, 1.82) is 0 Å². The van der Waals surface area contributed by atoms with Crippen molar-refractivity contribution in [2.24, 2.45) is 0 Å². The van der Waals surface area contributed by atoms with Gasteiger partial charge >= 0.3 is 10.7 Å². The lowest BCUT2D eigenvalue weighted by molar-refractivity contribution is -0.380. The first-order valence-corrected chi connectivity index (χ1v) is 7.49. The second kappa shape index (κ2) is 5.61. The monoisotopic (exact) mass is 336 g/mol. The molecule has 0 aliphatic heterocycles. The number of anilines is 1. The molecule has 0 saturated carbocycles. The molecular weight excluding hydrogens is 328 g/mol. The summed E-state index contributed by atoms with van der Waals surface area (Å²) in [7, 11) is 0. The summed E-state index contributed by atoms with van der Waals surface area (Å²) in [6, 6.07) is 6.69. The topological polar surface area (TPSA) is 133 Å². The third-order valence-corrected chi connectivity index (χ3v) is 4.60. The molecule has 2 aromatic heterocycles. The number of aromatic amines is 1. The van der Waals surface area contributed by atoms with Crippen molar-refractivity contribution in [2.75, 3.05) is 5.73 Å². The van der Waals surface area contributed by atoms with Crippen LogP contribution >= 0.6 is 23.1 Å². The van der Waals surface area contributed by atoms with Crippen LogP contribution in [0.3, 0.4) is 0 Å². The Kier molecular flexibility index (Phi) is 3.65. The molecule has 2 heterocycles. The first-order chi connectivity index (χ1) is 10.5. The third kappa shape index (κ3) is 2.71.